The van der Waals surface area contributed by atoms with Gasteiger partial charge in [-0.2, -0.15) is 0 Å². The summed E-state index contributed by atoms with van der Waals surface area (Å²) >= 11 is 0. The van der Waals surface area contributed by atoms with Gasteiger partial charge in [0.2, 0.25) is 0 Å². The van der Waals surface area contributed by atoms with Crippen molar-refractivity contribution in [3.63, 3.8) is 0 Å². The number of likely N-dealkylation sites (tertiary alicyclic amines) is 1. The number of hydrogen-bond acceptors (Lipinski definition) is 6. The largest absolute Gasteiger partial charge is 0.452 e. The van der Waals surface area contributed by atoms with Crippen molar-refractivity contribution < 1.29 is 14.3 Å². The summed E-state index contributed by atoms with van der Waals surface area (Å²) in [7, 11) is 0. The molecule has 0 unspecified atom stereocenters. The molecule has 1 fully saturated rings. The van der Waals surface area contributed by atoms with Crippen molar-refractivity contribution in [3.8, 4) is 5.69 Å². The predicted molar refractivity (Wildman–Crippen MR) is 89.1 cm³/mol. The van der Waals surface area contributed by atoms with Crippen molar-refractivity contribution in [2.45, 2.75) is 45.2 Å². The molecule has 1 saturated heterocycles. The zero-order valence-electron chi connectivity index (χ0n) is 14.3. The Hall–Kier alpha value is -2.77. The van der Waals surface area contributed by atoms with Gasteiger partial charge in [0, 0.05) is 12.1 Å². The topological polar surface area (TPSA) is 90.2 Å². The van der Waals surface area contributed by atoms with Crippen LogP contribution in [0.4, 0.5) is 0 Å². The molecule has 1 aromatic carbocycles. The fourth-order valence-corrected chi connectivity index (χ4v) is 3.23. The highest BCUT2D eigenvalue weighted by atomic mass is 16.5. The Morgan fingerprint density at radius 3 is 2.44 bits per heavy atom. The summed E-state index contributed by atoms with van der Waals surface area (Å²) in [4.78, 5) is 26.4. The average Bonchev–Trinajstić information content (AvgIpc) is 3.14. The van der Waals surface area contributed by atoms with Gasteiger partial charge in [-0.3, -0.25) is 4.79 Å². The highest BCUT2D eigenvalue weighted by Crippen LogP contribution is 2.22. The van der Waals surface area contributed by atoms with Gasteiger partial charge in [-0.15, -0.1) is 5.10 Å². The zero-order chi connectivity index (χ0) is 17.8. The molecule has 8 nitrogen and oxygen atoms in total. The Labute approximate surface area is 145 Å². The maximum absolute atomic E-state index is 12.4. The molecular formula is C17H21N5O3. The molecule has 0 bridgehead atoms. The molecule has 2 atom stereocenters. The third kappa shape index (κ3) is 3.84. The molecule has 2 heterocycles. The van der Waals surface area contributed by atoms with Crippen LogP contribution in [0.1, 0.15) is 43.5 Å². The molecule has 3 rings (SSSR count). The summed E-state index contributed by atoms with van der Waals surface area (Å²) in [5.74, 6) is -0.660. The van der Waals surface area contributed by atoms with Gasteiger partial charge >= 0.3 is 5.97 Å². The van der Waals surface area contributed by atoms with E-state index in [0.717, 1.165) is 24.9 Å². The molecule has 0 saturated carbocycles. The number of hydrogen-bond donors (Lipinski definition) is 0. The van der Waals surface area contributed by atoms with E-state index in [9.17, 15) is 9.59 Å². The number of carbonyl (C=O) groups is 2. The molecule has 0 spiro atoms. The van der Waals surface area contributed by atoms with E-state index in [2.05, 4.69) is 15.5 Å². The maximum Gasteiger partial charge on any atom is 0.338 e. The summed E-state index contributed by atoms with van der Waals surface area (Å²) in [6, 6.07) is 7.04. The molecule has 2 aromatic rings. The lowest BCUT2D eigenvalue weighted by Crippen LogP contribution is -2.49. The second-order valence-corrected chi connectivity index (χ2v) is 6.31. The number of aromatic nitrogens is 4. The second-order valence-electron chi connectivity index (χ2n) is 6.31. The summed E-state index contributed by atoms with van der Waals surface area (Å²) in [5.41, 5.74) is 1.11. The Bertz CT molecular complexity index is 719. The minimum Gasteiger partial charge on any atom is -0.452 e. The van der Waals surface area contributed by atoms with Crippen molar-refractivity contribution in [1.82, 2.24) is 25.1 Å². The van der Waals surface area contributed by atoms with Gasteiger partial charge in [0.15, 0.2) is 6.61 Å². The van der Waals surface area contributed by atoms with Crippen LogP contribution in [0.15, 0.2) is 30.6 Å². The van der Waals surface area contributed by atoms with Crippen molar-refractivity contribution in [2.24, 2.45) is 0 Å². The Morgan fingerprint density at radius 1 is 1.16 bits per heavy atom. The zero-order valence-corrected chi connectivity index (χ0v) is 14.3. The smallest absolute Gasteiger partial charge is 0.338 e. The molecule has 1 amide bonds. The van der Waals surface area contributed by atoms with Crippen molar-refractivity contribution in [2.75, 3.05) is 6.61 Å². The highest BCUT2D eigenvalue weighted by molar-refractivity contribution is 5.91. The van der Waals surface area contributed by atoms with Crippen LogP contribution in [0.5, 0.6) is 0 Å². The van der Waals surface area contributed by atoms with E-state index in [0.29, 0.717) is 5.56 Å². The van der Waals surface area contributed by atoms with E-state index in [1.165, 1.54) is 11.0 Å². The maximum atomic E-state index is 12.4. The van der Waals surface area contributed by atoms with Crippen LogP contribution in [0.2, 0.25) is 0 Å². The lowest BCUT2D eigenvalue weighted by Gasteiger charge is -2.38. The van der Waals surface area contributed by atoms with Gasteiger partial charge in [-0.05, 0) is 67.8 Å². The Balaban J connectivity index is 1.58. The van der Waals surface area contributed by atoms with E-state index in [-0.39, 0.29) is 24.6 Å². The van der Waals surface area contributed by atoms with Crippen molar-refractivity contribution in [1.29, 1.82) is 0 Å². The molecule has 25 heavy (non-hydrogen) atoms. The molecule has 1 aliphatic rings. The van der Waals surface area contributed by atoms with Crippen LogP contribution in [0.3, 0.4) is 0 Å². The van der Waals surface area contributed by atoms with Gasteiger partial charge < -0.3 is 9.64 Å². The number of tetrazole rings is 1. The van der Waals surface area contributed by atoms with Crippen LogP contribution in [0.25, 0.3) is 5.69 Å². The summed E-state index contributed by atoms with van der Waals surface area (Å²) < 4.78 is 6.68. The third-order valence-corrected chi connectivity index (χ3v) is 4.52. The molecule has 8 heteroatoms. The Morgan fingerprint density at radius 2 is 1.84 bits per heavy atom. The third-order valence-electron chi connectivity index (χ3n) is 4.52. The Kier molecular flexibility index (Phi) is 5.06. The molecule has 0 N–H and O–H groups in total. The summed E-state index contributed by atoms with van der Waals surface area (Å²) in [6.45, 7) is 3.84. The minimum atomic E-state index is -0.520. The first-order valence-corrected chi connectivity index (χ1v) is 8.38. The first-order valence-electron chi connectivity index (χ1n) is 8.38. The quantitative estimate of drug-likeness (QED) is 0.784. The number of benzene rings is 1. The molecule has 1 aliphatic heterocycles. The normalized spacial score (nSPS) is 20.3. The average molecular weight is 343 g/mol. The van der Waals surface area contributed by atoms with Gasteiger partial charge in [0.25, 0.3) is 5.91 Å². The van der Waals surface area contributed by atoms with E-state index >= 15 is 0 Å². The number of esters is 1. The predicted octanol–water partition coefficient (Wildman–Crippen LogP) is 1.61. The van der Waals surface area contributed by atoms with Crippen LogP contribution in [-0.4, -0.2) is 55.7 Å². The molecule has 1 aromatic heterocycles. The van der Waals surface area contributed by atoms with E-state index in [4.69, 9.17) is 4.74 Å². The van der Waals surface area contributed by atoms with E-state index in [1.807, 2.05) is 18.7 Å². The molecule has 0 aliphatic carbocycles. The molecule has 0 radical (unpaired) electrons. The van der Waals surface area contributed by atoms with Crippen LogP contribution >= 0.6 is 0 Å². The lowest BCUT2D eigenvalue weighted by molar-refractivity contribution is -0.140. The lowest BCUT2D eigenvalue weighted by atomic mass is 9.97. The summed E-state index contributed by atoms with van der Waals surface area (Å²) in [5, 5.41) is 10.9. The van der Waals surface area contributed by atoms with Crippen LogP contribution in [0, 0.1) is 0 Å². The molecular weight excluding hydrogens is 322 g/mol. The van der Waals surface area contributed by atoms with Gasteiger partial charge in [0.1, 0.15) is 6.33 Å². The van der Waals surface area contributed by atoms with Gasteiger partial charge in [-0.1, -0.05) is 0 Å². The highest BCUT2D eigenvalue weighted by Gasteiger charge is 2.29. The number of piperidine rings is 1. The fourth-order valence-electron chi connectivity index (χ4n) is 3.23. The van der Waals surface area contributed by atoms with E-state index < -0.39 is 5.97 Å². The number of nitrogens with zero attached hydrogens (tertiary/aromatic N) is 5. The first-order chi connectivity index (χ1) is 12.1. The first kappa shape index (κ1) is 17.1. The minimum absolute atomic E-state index is 0.140. The SMILES string of the molecule is C[C@H]1CCC[C@H](C)N1C(=O)COC(=O)c1ccc(-n2cnnn2)cc1. The number of amides is 1. The van der Waals surface area contributed by atoms with Gasteiger partial charge in [0.05, 0.1) is 11.3 Å². The molecule has 132 valence electrons. The van der Waals surface area contributed by atoms with Crippen molar-refractivity contribution >= 4 is 11.9 Å². The standard InChI is InChI=1S/C17H21N5O3/c1-12-4-3-5-13(2)22(12)16(23)10-25-17(24)14-6-8-15(9-7-14)21-11-18-19-20-21/h6-9,11-13H,3-5,10H2,1-2H3/t12-,13-/m0/s1. The van der Waals surface area contributed by atoms with Crippen LogP contribution in [-0.2, 0) is 9.53 Å². The number of carbonyl (C=O) groups excluding carboxylic acids is 2. The monoisotopic (exact) mass is 343 g/mol. The summed E-state index contributed by atoms with van der Waals surface area (Å²) in [6.07, 6.45) is 4.57. The van der Waals surface area contributed by atoms with Crippen molar-refractivity contribution in [3.05, 3.63) is 36.2 Å². The fraction of sp³-hybridized carbons (Fsp3) is 0.471. The van der Waals surface area contributed by atoms with Crippen LogP contribution < -0.4 is 0 Å². The van der Waals surface area contributed by atoms with E-state index in [1.54, 1.807) is 24.3 Å². The number of rotatable bonds is 4. The second kappa shape index (κ2) is 7.42. The van der Waals surface area contributed by atoms with Gasteiger partial charge in [-0.25, -0.2) is 9.48 Å². The number of ether oxygens (including phenoxy) is 1.